The molecule has 0 bridgehead atoms. The van der Waals surface area contributed by atoms with Crippen LogP contribution in [-0.4, -0.2) is 10.2 Å². The number of hydrogen-bond acceptors (Lipinski definition) is 2. The van der Waals surface area contributed by atoms with Crippen molar-refractivity contribution in [2.24, 2.45) is 0 Å². The molecule has 0 amide bonds. The molecule has 1 fully saturated rings. The van der Waals surface area contributed by atoms with Gasteiger partial charge in [0.05, 0.1) is 5.69 Å². The first-order chi connectivity index (χ1) is 5.27. The lowest BCUT2D eigenvalue weighted by molar-refractivity contribution is 0.940. The van der Waals surface area contributed by atoms with Gasteiger partial charge in [-0.25, -0.2) is 0 Å². The number of aromatic nitrogens is 2. The van der Waals surface area contributed by atoms with E-state index in [9.17, 15) is 0 Å². The van der Waals surface area contributed by atoms with Crippen molar-refractivity contribution in [3.63, 3.8) is 0 Å². The number of aryl methyl sites for hydroxylation is 1. The molecule has 0 radical (unpaired) electrons. The van der Waals surface area contributed by atoms with E-state index in [0.717, 1.165) is 5.69 Å². The summed E-state index contributed by atoms with van der Waals surface area (Å²) in [6.07, 6.45) is 2.51. The summed E-state index contributed by atoms with van der Waals surface area (Å²) in [7, 11) is 0. The predicted octanol–water partition coefficient (Wildman–Crippen LogP) is 2.32. The van der Waals surface area contributed by atoms with E-state index in [4.69, 9.17) is 11.6 Å². The average molecular weight is 169 g/mol. The highest BCUT2D eigenvalue weighted by Crippen LogP contribution is 2.42. The molecular weight excluding hydrogens is 160 g/mol. The van der Waals surface area contributed by atoms with Crippen LogP contribution in [0.4, 0.5) is 0 Å². The second-order valence-corrected chi connectivity index (χ2v) is 3.36. The second kappa shape index (κ2) is 2.45. The van der Waals surface area contributed by atoms with Crippen molar-refractivity contribution in [2.45, 2.75) is 25.7 Å². The summed E-state index contributed by atoms with van der Waals surface area (Å²) in [5.74, 6) is 0.664. The smallest absolute Gasteiger partial charge is 0.154 e. The zero-order valence-corrected chi connectivity index (χ0v) is 7.10. The van der Waals surface area contributed by atoms with Gasteiger partial charge in [0.15, 0.2) is 5.15 Å². The van der Waals surface area contributed by atoms with E-state index < -0.39 is 0 Å². The highest BCUT2D eigenvalue weighted by atomic mass is 35.5. The molecule has 1 heterocycles. The van der Waals surface area contributed by atoms with Crippen LogP contribution in [0.15, 0.2) is 6.07 Å². The van der Waals surface area contributed by atoms with Gasteiger partial charge in [-0.1, -0.05) is 11.6 Å². The highest BCUT2D eigenvalue weighted by Gasteiger charge is 2.26. The minimum atomic E-state index is 0.582. The van der Waals surface area contributed by atoms with Crippen molar-refractivity contribution in [3.8, 4) is 0 Å². The van der Waals surface area contributed by atoms with Gasteiger partial charge in [0, 0.05) is 0 Å². The molecular formula is C8H9ClN2. The molecule has 11 heavy (non-hydrogen) atoms. The molecule has 0 unspecified atom stereocenters. The molecule has 0 aliphatic heterocycles. The zero-order chi connectivity index (χ0) is 7.84. The Morgan fingerprint density at radius 3 is 2.82 bits per heavy atom. The Labute approximate surface area is 70.6 Å². The summed E-state index contributed by atoms with van der Waals surface area (Å²) in [6, 6.07) is 2.03. The van der Waals surface area contributed by atoms with Crippen molar-refractivity contribution in [3.05, 3.63) is 22.5 Å². The Kier molecular flexibility index (Phi) is 1.57. The molecule has 0 saturated heterocycles. The van der Waals surface area contributed by atoms with Crippen molar-refractivity contribution in [2.75, 3.05) is 0 Å². The third-order valence-electron chi connectivity index (χ3n) is 1.92. The van der Waals surface area contributed by atoms with Crippen LogP contribution in [0.25, 0.3) is 0 Å². The van der Waals surface area contributed by atoms with Gasteiger partial charge in [-0.15, -0.1) is 5.10 Å². The number of hydrogen-bond donors (Lipinski definition) is 0. The summed E-state index contributed by atoms with van der Waals surface area (Å²) in [5, 5.41) is 8.30. The summed E-state index contributed by atoms with van der Waals surface area (Å²) < 4.78 is 0. The number of rotatable bonds is 1. The van der Waals surface area contributed by atoms with Gasteiger partial charge in [-0.3, -0.25) is 0 Å². The SMILES string of the molecule is Cc1cc(C2CC2)c(Cl)nn1. The third-order valence-corrected chi connectivity index (χ3v) is 2.21. The van der Waals surface area contributed by atoms with Crippen LogP contribution in [0, 0.1) is 6.92 Å². The molecule has 0 aromatic carbocycles. The fourth-order valence-electron chi connectivity index (χ4n) is 1.17. The van der Waals surface area contributed by atoms with Gasteiger partial charge in [0.2, 0.25) is 0 Å². The number of nitrogens with zero attached hydrogens (tertiary/aromatic N) is 2. The van der Waals surface area contributed by atoms with Crippen LogP contribution in [0.1, 0.15) is 30.0 Å². The van der Waals surface area contributed by atoms with Gasteiger partial charge < -0.3 is 0 Å². The topological polar surface area (TPSA) is 25.8 Å². The molecule has 2 rings (SSSR count). The van der Waals surface area contributed by atoms with E-state index in [1.54, 1.807) is 0 Å². The molecule has 1 aromatic heterocycles. The zero-order valence-electron chi connectivity index (χ0n) is 6.34. The Hall–Kier alpha value is -0.630. The summed E-state index contributed by atoms with van der Waals surface area (Å²) in [5.41, 5.74) is 2.13. The minimum Gasteiger partial charge on any atom is -0.154 e. The van der Waals surface area contributed by atoms with Crippen LogP contribution in [-0.2, 0) is 0 Å². The van der Waals surface area contributed by atoms with E-state index in [1.165, 1.54) is 18.4 Å². The van der Waals surface area contributed by atoms with Gasteiger partial charge in [-0.2, -0.15) is 5.10 Å². The van der Waals surface area contributed by atoms with E-state index in [2.05, 4.69) is 10.2 Å². The summed E-state index contributed by atoms with van der Waals surface area (Å²) in [4.78, 5) is 0. The molecule has 1 aliphatic rings. The molecule has 1 aromatic rings. The Morgan fingerprint density at radius 2 is 2.18 bits per heavy atom. The van der Waals surface area contributed by atoms with Gasteiger partial charge in [-0.05, 0) is 37.3 Å². The Balaban J connectivity index is 2.42. The molecule has 0 atom stereocenters. The standard InChI is InChI=1S/C8H9ClN2/c1-5-4-7(6-2-3-6)8(9)11-10-5/h4,6H,2-3H2,1H3. The van der Waals surface area contributed by atoms with E-state index in [1.807, 2.05) is 13.0 Å². The third kappa shape index (κ3) is 1.36. The van der Waals surface area contributed by atoms with Gasteiger partial charge in [0.25, 0.3) is 0 Å². The van der Waals surface area contributed by atoms with Crippen LogP contribution >= 0.6 is 11.6 Å². The minimum absolute atomic E-state index is 0.582. The molecule has 1 aliphatic carbocycles. The molecule has 0 spiro atoms. The average Bonchev–Trinajstić information content (AvgIpc) is 2.76. The van der Waals surface area contributed by atoms with E-state index >= 15 is 0 Å². The normalized spacial score (nSPS) is 16.9. The first-order valence-corrected chi connectivity index (χ1v) is 4.15. The maximum absolute atomic E-state index is 5.86. The monoisotopic (exact) mass is 168 g/mol. The highest BCUT2D eigenvalue weighted by molar-refractivity contribution is 6.30. The van der Waals surface area contributed by atoms with Crippen molar-refractivity contribution in [1.29, 1.82) is 0 Å². The molecule has 1 saturated carbocycles. The first kappa shape index (κ1) is 7.04. The van der Waals surface area contributed by atoms with Crippen molar-refractivity contribution >= 4 is 11.6 Å². The maximum atomic E-state index is 5.86. The predicted molar refractivity (Wildman–Crippen MR) is 43.8 cm³/mol. The van der Waals surface area contributed by atoms with Crippen LogP contribution in [0.5, 0.6) is 0 Å². The second-order valence-electron chi connectivity index (χ2n) is 3.01. The molecule has 58 valence electrons. The molecule has 0 N–H and O–H groups in total. The lowest BCUT2D eigenvalue weighted by atomic mass is 10.2. The summed E-state index contributed by atoms with van der Waals surface area (Å²) in [6.45, 7) is 1.94. The van der Waals surface area contributed by atoms with Crippen molar-refractivity contribution < 1.29 is 0 Å². The quantitative estimate of drug-likeness (QED) is 0.643. The van der Waals surface area contributed by atoms with Gasteiger partial charge >= 0.3 is 0 Å². The first-order valence-electron chi connectivity index (χ1n) is 3.77. The van der Waals surface area contributed by atoms with Crippen LogP contribution < -0.4 is 0 Å². The van der Waals surface area contributed by atoms with Crippen LogP contribution in [0.2, 0.25) is 5.15 Å². The largest absolute Gasteiger partial charge is 0.155 e. The van der Waals surface area contributed by atoms with Crippen LogP contribution in [0.3, 0.4) is 0 Å². The maximum Gasteiger partial charge on any atom is 0.155 e. The van der Waals surface area contributed by atoms with E-state index in [0.29, 0.717) is 11.1 Å². The van der Waals surface area contributed by atoms with Gasteiger partial charge in [0.1, 0.15) is 0 Å². The molecule has 2 nitrogen and oxygen atoms in total. The number of halogens is 1. The Bertz CT molecular complexity index is 281. The van der Waals surface area contributed by atoms with Crippen molar-refractivity contribution in [1.82, 2.24) is 10.2 Å². The lowest BCUT2D eigenvalue weighted by Crippen LogP contribution is -1.91. The fourth-order valence-corrected chi connectivity index (χ4v) is 1.42. The molecule has 3 heteroatoms. The Morgan fingerprint density at radius 1 is 1.45 bits per heavy atom. The summed E-state index contributed by atoms with van der Waals surface area (Å²) >= 11 is 5.86. The van der Waals surface area contributed by atoms with E-state index in [-0.39, 0.29) is 0 Å². The fraction of sp³-hybridized carbons (Fsp3) is 0.500. The lowest BCUT2D eigenvalue weighted by Gasteiger charge is -1.99.